The van der Waals surface area contributed by atoms with E-state index >= 15 is 0 Å². The highest BCUT2D eigenvalue weighted by molar-refractivity contribution is 6.30. The summed E-state index contributed by atoms with van der Waals surface area (Å²) in [5, 5.41) is 3.56. The van der Waals surface area contributed by atoms with Gasteiger partial charge in [-0.2, -0.15) is 0 Å². The van der Waals surface area contributed by atoms with Gasteiger partial charge < -0.3 is 10.2 Å². The van der Waals surface area contributed by atoms with Gasteiger partial charge in [0.2, 0.25) is 0 Å². The molecule has 4 rings (SSSR count). The molecule has 2 aliphatic rings. The Labute approximate surface area is 133 Å². The summed E-state index contributed by atoms with van der Waals surface area (Å²) in [6.07, 6.45) is 6.20. The van der Waals surface area contributed by atoms with Crippen LogP contribution in [0.25, 0.3) is 0 Å². The van der Waals surface area contributed by atoms with Gasteiger partial charge in [-0.1, -0.05) is 17.7 Å². The number of rotatable bonds is 1. The van der Waals surface area contributed by atoms with Gasteiger partial charge in [0.15, 0.2) is 0 Å². The van der Waals surface area contributed by atoms with E-state index in [0.717, 1.165) is 30.5 Å². The molecule has 1 N–H and O–H groups in total. The summed E-state index contributed by atoms with van der Waals surface area (Å²) in [7, 11) is 0. The van der Waals surface area contributed by atoms with Crippen LogP contribution in [0, 0.1) is 0 Å². The van der Waals surface area contributed by atoms with E-state index in [2.05, 4.69) is 15.3 Å². The van der Waals surface area contributed by atoms with Crippen molar-refractivity contribution in [1.82, 2.24) is 14.9 Å². The average Bonchev–Trinajstić information content (AvgIpc) is 2.83. The lowest BCUT2D eigenvalue weighted by atomic mass is 10.00. The highest BCUT2D eigenvalue weighted by Gasteiger charge is 2.43. The van der Waals surface area contributed by atoms with E-state index in [1.165, 1.54) is 0 Å². The molecule has 1 aromatic heterocycles. The predicted octanol–water partition coefficient (Wildman–Crippen LogP) is 3.42. The lowest BCUT2D eigenvalue weighted by Gasteiger charge is -2.35. The minimum Gasteiger partial charge on any atom is -0.314 e. The van der Waals surface area contributed by atoms with Gasteiger partial charge in [0.05, 0.1) is 11.7 Å². The summed E-state index contributed by atoms with van der Waals surface area (Å²) < 4.78 is 0. The zero-order valence-electron chi connectivity index (χ0n) is 11.9. The summed E-state index contributed by atoms with van der Waals surface area (Å²) in [4.78, 5) is 23.1. The molecule has 6 heteroatoms. The number of anilines is 1. The number of nitrogens with one attached hydrogen (secondary N) is 1. The maximum absolute atomic E-state index is 12.7. The van der Waals surface area contributed by atoms with E-state index in [-0.39, 0.29) is 18.1 Å². The van der Waals surface area contributed by atoms with Crippen LogP contribution < -0.4 is 5.32 Å². The summed E-state index contributed by atoms with van der Waals surface area (Å²) in [5.74, 6) is 0. The van der Waals surface area contributed by atoms with Gasteiger partial charge in [-0.05, 0) is 31.0 Å². The van der Waals surface area contributed by atoms with Crippen molar-refractivity contribution in [2.24, 2.45) is 0 Å². The summed E-state index contributed by atoms with van der Waals surface area (Å²) in [6, 6.07) is 7.42. The van der Waals surface area contributed by atoms with Crippen molar-refractivity contribution >= 4 is 23.3 Å². The van der Waals surface area contributed by atoms with E-state index in [9.17, 15) is 4.79 Å². The van der Waals surface area contributed by atoms with Gasteiger partial charge in [0.1, 0.15) is 6.33 Å². The highest BCUT2D eigenvalue weighted by atomic mass is 35.5. The number of hydrogen-bond donors (Lipinski definition) is 1. The molecule has 0 unspecified atom stereocenters. The fraction of sp³-hybridized carbons (Fsp3) is 0.312. The van der Waals surface area contributed by atoms with Crippen molar-refractivity contribution in [2.45, 2.75) is 31.3 Å². The van der Waals surface area contributed by atoms with Crippen LogP contribution in [-0.2, 0) is 6.42 Å². The van der Waals surface area contributed by atoms with Crippen LogP contribution >= 0.6 is 11.6 Å². The SMILES string of the molecule is O=C(Nc1cccc(Cl)c1)N1[C@H]2CC[C@@H]1c1cncnc1C2. The number of benzene rings is 1. The fourth-order valence-corrected chi connectivity index (χ4v) is 3.68. The van der Waals surface area contributed by atoms with Crippen molar-refractivity contribution in [3.63, 3.8) is 0 Å². The minimum atomic E-state index is -0.0794. The Balaban J connectivity index is 1.60. The van der Waals surface area contributed by atoms with Crippen molar-refractivity contribution < 1.29 is 4.79 Å². The Morgan fingerprint density at radius 3 is 3.14 bits per heavy atom. The van der Waals surface area contributed by atoms with E-state index in [4.69, 9.17) is 11.6 Å². The van der Waals surface area contributed by atoms with Gasteiger partial charge in [-0.15, -0.1) is 0 Å². The normalized spacial score (nSPS) is 22.3. The van der Waals surface area contributed by atoms with Crippen LogP contribution in [0.2, 0.25) is 5.02 Å². The smallest absolute Gasteiger partial charge is 0.314 e. The van der Waals surface area contributed by atoms with Crippen molar-refractivity contribution in [3.8, 4) is 0 Å². The highest BCUT2D eigenvalue weighted by Crippen LogP contribution is 2.42. The lowest BCUT2D eigenvalue weighted by Crippen LogP contribution is -2.44. The molecule has 2 aromatic rings. The van der Waals surface area contributed by atoms with E-state index < -0.39 is 0 Å². The molecule has 2 aliphatic heterocycles. The molecule has 112 valence electrons. The molecule has 5 nitrogen and oxygen atoms in total. The summed E-state index contributed by atoms with van der Waals surface area (Å²) in [5.41, 5.74) is 2.87. The maximum atomic E-state index is 12.7. The Kier molecular flexibility index (Phi) is 3.22. The monoisotopic (exact) mass is 314 g/mol. The molecule has 2 amide bonds. The Bertz CT molecular complexity index is 736. The number of carbonyl (C=O) groups is 1. The maximum Gasteiger partial charge on any atom is 0.322 e. The van der Waals surface area contributed by atoms with Crippen molar-refractivity contribution in [2.75, 3.05) is 5.32 Å². The molecule has 22 heavy (non-hydrogen) atoms. The molecule has 1 saturated heterocycles. The first-order chi connectivity index (χ1) is 10.7. The van der Waals surface area contributed by atoms with Gasteiger partial charge in [-0.25, -0.2) is 14.8 Å². The van der Waals surface area contributed by atoms with Crippen LogP contribution in [0.1, 0.15) is 30.1 Å². The van der Waals surface area contributed by atoms with Crippen LogP contribution in [0.3, 0.4) is 0 Å². The Morgan fingerprint density at radius 1 is 1.36 bits per heavy atom. The van der Waals surface area contributed by atoms with E-state index in [0.29, 0.717) is 10.7 Å². The number of amides is 2. The zero-order chi connectivity index (χ0) is 15.1. The first-order valence-electron chi connectivity index (χ1n) is 7.36. The van der Waals surface area contributed by atoms with Crippen LogP contribution in [0.5, 0.6) is 0 Å². The van der Waals surface area contributed by atoms with Crippen LogP contribution in [0.15, 0.2) is 36.8 Å². The predicted molar refractivity (Wildman–Crippen MR) is 83.8 cm³/mol. The molecule has 0 saturated carbocycles. The second kappa shape index (κ2) is 5.25. The summed E-state index contributed by atoms with van der Waals surface area (Å²) >= 11 is 5.97. The number of fused-ring (bicyclic) bond motifs is 4. The van der Waals surface area contributed by atoms with Crippen molar-refractivity contribution in [3.05, 3.63) is 53.1 Å². The Morgan fingerprint density at radius 2 is 2.27 bits per heavy atom. The number of nitrogens with zero attached hydrogens (tertiary/aromatic N) is 3. The quantitative estimate of drug-likeness (QED) is 0.877. The second-order valence-corrected chi connectivity index (χ2v) is 6.16. The molecule has 0 radical (unpaired) electrons. The van der Waals surface area contributed by atoms with Gasteiger partial charge >= 0.3 is 6.03 Å². The molecular weight excluding hydrogens is 300 g/mol. The largest absolute Gasteiger partial charge is 0.322 e. The molecule has 1 fully saturated rings. The molecule has 3 heterocycles. The third kappa shape index (κ3) is 2.22. The topological polar surface area (TPSA) is 58.1 Å². The molecular formula is C16H15ClN4O. The molecule has 2 atom stereocenters. The number of halogens is 1. The molecule has 0 spiro atoms. The lowest BCUT2D eigenvalue weighted by molar-refractivity contribution is 0.178. The average molecular weight is 315 g/mol. The first-order valence-corrected chi connectivity index (χ1v) is 7.74. The fourth-order valence-electron chi connectivity index (χ4n) is 3.49. The van der Waals surface area contributed by atoms with Crippen molar-refractivity contribution in [1.29, 1.82) is 0 Å². The number of urea groups is 1. The van der Waals surface area contributed by atoms with Gasteiger partial charge in [-0.3, -0.25) is 0 Å². The molecule has 1 aromatic carbocycles. The van der Waals surface area contributed by atoms with E-state index in [1.54, 1.807) is 18.5 Å². The van der Waals surface area contributed by atoms with Gasteiger partial charge in [0, 0.05) is 34.9 Å². The third-order valence-electron chi connectivity index (χ3n) is 4.43. The summed E-state index contributed by atoms with van der Waals surface area (Å²) in [6.45, 7) is 0. The minimum absolute atomic E-state index is 0.0779. The van der Waals surface area contributed by atoms with Gasteiger partial charge in [0.25, 0.3) is 0 Å². The van der Waals surface area contributed by atoms with E-state index in [1.807, 2.05) is 23.2 Å². The number of hydrogen-bond acceptors (Lipinski definition) is 3. The zero-order valence-corrected chi connectivity index (χ0v) is 12.6. The van der Waals surface area contributed by atoms with Crippen LogP contribution in [0.4, 0.5) is 10.5 Å². The first kappa shape index (κ1) is 13.5. The standard InChI is InChI=1S/C16H15ClN4O/c17-10-2-1-3-11(6-10)20-16(22)21-12-4-5-15(21)13-8-18-9-19-14(13)7-12/h1-3,6,8-9,12,15H,4-5,7H2,(H,20,22)/t12-,15+/m0/s1. The van der Waals surface area contributed by atoms with Crippen LogP contribution in [-0.4, -0.2) is 26.9 Å². The third-order valence-corrected chi connectivity index (χ3v) is 4.66. The second-order valence-electron chi connectivity index (χ2n) is 5.72. The molecule has 0 aliphatic carbocycles. The Hall–Kier alpha value is -2.14. The number of aromatic nitrogens is 2. The number of carbonyl (C=O) groups excluding carboxylic acids is 1. The molecule has 2 bridgehead atoms.